The van der Waals surface area contributed by atoms with E-state index in [-0.39, 0.29) is 0 Å². The van der Waals surface area contributed by atoms with Gasteiger partial charge in [0.25, 0.3) is 0 Å². The van der Waals surface area contributed by atoms with Crippen LogP contribution in [0.2, 0.25) is 0 Å². The Morgan fingerprint density at radius 1 is 1.21 bits per heavy atom. The van der Waals surface area contributed by atoms with Gasteiger partial charge in [0.15, 0.2) is 0 Å². The van der Waals surface area contributed by atoms with Gasteiger partial charge in [-0.15, -0.1) is 11.3 Å². The molecule has 0 aliphatic carbocycles. The molecule has 3 aromatic heterocycles. The molecule has 0 aliphatic rings. The highest BCUT2D eigenvalue weighted by molar-refractivity contribution is 7.15. The highest BCUT2D eigenvalue weighted by Crippen LogP contribution is 2.28. The highest BCUT2D eigenvalue weighted by atomic mass is 32.1. The summed E-state index contributed by atoms with van der Waals surface area (Å²) in [6, 6.07) is 13.9. The van der Waals surface area contributed by atoms with Crippen LogP contribution in [0.25, 0.3) is 10.6 Å². The maximum Gasteiger partial charge on any atom is 0.209 e. The van der Waals surface area contributed by atoms with Crippen LogP contribution in [0, 0.1) is 6.92 Å². The third-order valence-electron chi connectivity index (χ3n) is 3.42. The molecule has 0 radical (unpaired) electrons. The van der Waals surface area contributed by atoms with Gasteiger partial charge in [-0.2, -0.15) is 0 Å². The predicted octanol–water partition coefficient (Wildman–Crippen LogP) is 3.85. The van der Waals surface area contributed by atoms with E-state index in [9.17, 15) is 4.79 Å². The van der Waals surface area contributed by atoms with Crippen molar-refractivity contribution in [2.75, 3.05) is 12.4 Å². The summed E-state index contributed by atoms with van der Waals surface area (Å²) in [5, 5.41) is 3.23. The van der Waals surface area contributed by atoms with Crippen LogP contribution in [0.4, 0.5) is 11.6 Å². The topological polar surface area (TPSA) is 58.1 Å². The highest BCUT2D eigenvalue weighted by Gasteiger charge is 2.07. The van der Waals surface area contributed by atoms with Crippen LogP contribution in [0.1, 0.15) is 10.4 Å². The SMILES string of the molecule is Cc1ccnc(Nc2cccc(-c3ccc(CN(C)C=O)s3)n2)c1. The quantitative estimate of drug-likeness (QED) is 0.694. The molecule has 0 atom stereocenters. The molecule has 0 saturated heterocycles. The van der Waals surface area contributed by atoms with E-state index < -0.39 is 0 Å². The Balaban J connectivity index is 1.79. The van der Waals surface area contributed by atoms with E-state index in [2.05, 4.69) is 15.3 Å². The zero-order valence-corrected chi connectivity index (χ0v) is 14.4. The number of pyridine rings is 2. The second kappa shape index (κ2) is 7.23. The molecule has 6 heteroatoms. The van der Waals surface area contributed by atoms with Gasteiger partial charge in [-0.25, -0.2) is 9.97 Å². The van der Waals surface area contributed by atoms with Gasteiger partial charge >= 0.3 is 0 Å². The van der Waals surface area contributed by atoms with E-state index in [0.717, 1.165) is 39.1 Å². The van der Waals surface area contributed by atoms with Crippen LogP contribution in [0.3, 0.4) is 0 Å². The number of nitrogens with one attached hydrogen (secondary N) is 1. The maximum atomic E-state index is 10.7. The number of aromatic nitrogens is 2. The Hall–Kier alpha value is -2.73. The lowest BCUT2D eigenvalue weighted by atomic mass is 10.3. The van der Waals surface area contributed by atoms with E-state index in [1.807, 2.05) is 49.4 Å². The first kappa shape index (κ1) is 16.1. The summed E-state index contributed by atoms with van der Waals surface area (Å²) in [5.74, 6) is 1.53. The van der Waals surface area contributed by atoms with Crippen LogP contribution in [0.15, 0.2) is 48.7 Å². The zero-order valence-electron chi connectivity index (χ0n) is 13.6. The van der Waals surface area contributed by atoms with Crippen molar-refractivity contribution in [3.8, 4) is 10.6 Å². The molecule has 0 aliphatic heterocycles. The van der Waals surface area contributed by atoms with E-state index in [1.165, 1.54) is 0 Å². The average molecular weight is 338 g/mol. The van der Waals surface area contributed by atoms with Gasteiger partial charge < -0.3 is 10.2 Å². The zero-order chi connectivity index (χ0) is 16.9. The molecule has 3 heterocycles. The van der Waals surface area contributed by atoms with Crippen LogP contribution in [-0.4, -0.2) is 28.3 Å². The monoisotopic (exact) mass is 338 g/mol. The van der Waals surface area contributed by atoms with E-state index in [0.29, 0.717) is 6.54 Å². The fourth-order valence-corrected chi connectivity index (χ4v) is 3.30. The summed E-state index contributed by atoms with van der Waals surface area (Å²) in [6.45, 7) is 2.64. The van der Waals surface area contributed by atoms with E-state index in [1.54, 1.807) is 29.5 Å². The Kier molecular flexibility index (Phi) is 4.86. The number of nitrogens with zero attached hydrogens (tertiary/aromatic N) is 3. The third kappa shape index (κ3) is 3.97. The Bertz CT molecular complexity index is 846. The minimum atomic E-state index is 0.610. The van der Waals surface area contributed by atoms with Crippen molar-refractivity contribution in [2.45, 2.75) is 13.5 Å². The summed E-state index contributed by atoms with van der Waals surface area (Å²) in [7, 11) is 1.77. The van der Waals surface area contributed by atoms with Crippen LogP contribution < -0.4 is 5.32 Å². The molecular weight excluding hydrogens is 320 g/mol. The van der Waals surface area contributed by atoms with Crippen molar-refractivity contribution in [1.82, 2.24) is 14.9 Å². The summed E-state index contributed by atoms with van der Waals surface area (Å²) in [5.41, 5.74) is 2.04. The van der Waals surface area contributed by atoms with Crippen molar-refractivity contribution in [2.24, 2.45) is 0 Å². The van der Waals surface area contributed by atoms with Crippen molar-refractivity contribution < 1.29 is 4.79 Å². The minimum Gasteiger partial charge on any atom is -0.343 e. The van der Waals surface area contributed by atoms with E-state index >= 15 is 0 Å². The summed E-state index contributed by atoms with van der Waals surface area (Å²) in [6.07, 6.45) is 2.60. The van der Waals surface area contributed by atoms with E-state index in [4.69, 9.17) is 0 Å². The first-order valence-electron chi connectivity index (χ1n) is 7.55. The lowest BCUT2D eigenvalue weighted by Crippen LogP contribution is -2.13. The van der Waals surface area contributed by atoms with Gasteiger partial charge in [0.1, 0.15) is 11.6 Å². The fraction of sp³-hybridized carbons (Fsp3) is 0.167. The molecule has 0 fully saturated rings. The van der Waals surface area contributed by atoms with Gasteiger partial charge in [0, 0.05) is 18.1 Å². The molecule has 24 heavy (non-hydrogen) atoms. The molecule has 0 bridgehead atoms. The molecule has 5 nitrogen and oxygen atoms in total. The van der Waals surface area contributed by atoms with Crippen LogP contribution in [-0.2, 0) is 11.3 Å². The van der Waals surface area contributed by atoms with Gasteiger partial charge in [-0.1, -0.05) is 6.07 Å². The number of carbonyl (C=O) groups excluding carboxylic acids is 1. The molecule has 1 amide bonds. The molecular formula is C18H18N4OS. The Labute approximate surface area is 145 Å². The number of hydrogen-bond donors (Lipinski definition) is 1. The number of hydrogen-bond acceptors (Lipinski definition) is 5. The number of thiophene rings is 1. The third-order valence-corrected chi connectivity index (χ3v) is 4.51. The van der Waals surface area contributed by atoms with Crippen molar-refractivity contribution in [1.29, 1.82) is 0 Å². The lowest BCUT2D eigenvalue weighted by Gasteiger charge is -2.08. The molecule has 0 saturated carbocycles. The normalized spacial score (nSPS) is 10.4. The summed E-state index contributed by atoms with van der Waals surface area (Å²) >= 11 is 1.64. The summed E-state index contributed by atoms with van der Waals surface area (Å²) in [4.78, 5) is 23.5. The van der Waals surface area contributed by atoms with Crippen molar-refractivity contribution >= 4 is 29.4 Å². The van der Waals surface area contributed by atoms with Crippen molar-refractivity contribution in [3.63, 3.8) is 0 Å². The molecule has 0 spiro atoms. The molecule has 122 valence electrons. The van der Waals surface area contributed by atoms with Gasteiger partial charge in [-0.3, -0.25) is 4.79 Å². The number of rotatable bonds is 6. The number of aryl methyl sites for hydroxylation is 1. The number of carbonyl (C=O) groups is 1. The Morgan fingerprint density at radius 3 is 2.88 bits per heavy atom. The van der Waals surface area contributed by atoms with Crippen molar-refractivity contribution in [3.05, 3.63) is 59.1 Å². The number of anilines is 2. The predicted molar refractivity (Wildman–Crippen MR) is 97.3 cm³/mol. The summed E-state index contributed by atoms with van der Waals surface area (Å²) < 4.78 is 0. The second-order valence-electron chi connectivity index (χ2n) is 5.54. The van der Waals surface area contributed by atoms with Crippen LogP contribution >= 0.6 is 11.3 Å². The molecule has 3 aromatic rings. The fourth-order valence-electron chi connectivity index (χ4n) is 2.26. The molecule has 0 aromatic carbocycles. The van der Waals surface area contributed by atoms with Gasteiger partial charge in [0.2, 0.25) is 6.41 Å². The van der Waals surface area contributed by atoms with Gasteiger partial charge in [0.05, 0.1) is 17.1 Å². The molecule has 1 N–H and O–H groups in total. The maximum absolute atomic E-state index is 10.7. The second-order valence-corrected chi connectivity index (χ2v) is 6.71. The first-order chi connectivity index (χ1) is 11.6. The molecule has 0 unspecified atom stereocenters. The lowest BCUT2D eigenvalue weighted by molar-refractivity contribution is -0.117. The largest absolute Gasteiger partial charge is 0.343 e. The minimum absolute atomic E-state index is 0.610. The molecule has 3 rings (SSSR count). The smallest absolute Gasteiger partial charge is 0.209 e. The Morgan fingerprint density at radius 2 is 2.08 bits per heavy atom. The first-order valence-corrected chi connectivity index (χ1v) is 8.37. The van der Waals surface area contributed by atoms with Gasteiger partial charge in [-0.05, 0) is 48.9 Å². The van der Waals surface area contributed by atoms with Crippen LogP contribution in [0.5, 0.6) is 0 Å². The number of amides is 1. The average Bonchev–Trinajstić information content (AvgIpc) is 3.03. The standard InChI is InChI=1S/C18H18N4OS/c1-13-8-9-19-18(10-13)21-17-5-3-4-15(20-17)16-7-6-14(24-16)11-22(2)12-23/h3-10,12H,11H2,1-2H3,(H,19,20,21).